The second-order valence-electron chi connectivity index (χ2n) is 6.95. The molecular formula is C22H28N2O4. The van der Waals surface area contributed by atoms with Gasteiger partial charge in [0.1, 0.15) is 18.0 Å². The van der Waals surface area contributed by atoms with Crippen LogP contribution in [-0.4, -0.2) is 30.6 Å². The molecule has 0 fully saturated rings. The van der Waals surface area contributed by atoms with Crippen molar-refractivity contribution in [2.24, 2.45) is 0 Å². The number of anilines is 2. The van der Waals surface area contributed by atoms with Crippen LogP contribution in [0.1, 0.15) is 34.6 Å². The van der Waals surface area contributed by atoms with E-state index in [1.807, 2.05) is 52.0 Å². The smallest absolute Gasteiger partial charge is 0.244 e. The van der Waals surface area contributed by atoms with Crippen LogP contribution in [0.3, 0.4) is 0 Å². The molecule has 2 rings (SSSR count). The summed E-state index contributed by atoms with van der Waals surface area (Å²) in [7, 11) is 0. The van der Waals surface area contributed by atoms with E-state index in [0.717, 1.165) is 0 Å². The van der Waals surface area contributed by atoms with E-state index in [1.54, 1.807) is 24.3 Å². The highest BCUT2D eigenvalue weighted by Crippen LogP contribution is 2.29. The quantitative estimate of drug-likeness (QED) is 0.739. The first kappa shape index (κ1) is 21.3. The molecule has 2 amide bonds. The van der Waals surface area contributed by atoms with Gasteiger partial charge in [-0.3, -0.25) is 14.5 Å². The number of hydrogen-bond donors (Lipinski definition) is 1. The molecular weight excluding hydrogens is 356 g/mol. The van der Waals surface area contributed by atoms with Gasteiger partial charge in [-0.15, -0.1) is 0 Å². The summed E-state index contributed by atoms with van der Waals surface area (Å²) in [5.41, 5.74) is 1.13. The molecule has 0 unspecified atom stereocenters. The normalized spacial score (nSPS) is 10.7. The zero-order chi connectivity index (χ0) is 20.7. The SMILES string of the molecule is CC(=O)N(CC(=O)Nc1ccccc1OC(C)C)c1ccccc1OC(C)C. The molecule has 0 aliphatic carbocycles. The summed E-state index contributed by atoms with van der Waals surface area (Å²) >= 11 is 0. The van der Waals surface area contributed by atoms with Crippen molar-refractivity contribution in [2.45, 2.75) is 46.8 Å². The van der Waals surface area contributed by atoms with Crippen molar-refractivity contribution < 1.29 is 19.1 Å². The number of rotatable bonds is 8. The lowest BCUT2D eigenvalue weighted by atomic mass is 10.2. The summed E-state index contributed by atoms with van der Waals surface area (Å²) in [6.45, 7) is 8.95. The van der Waals surface area contributed by atoms with Crippen LogP contribution in [0.5, 0.6) is 11.5 Å². The largest absolute Gasteiger partial charge is 0.489 e. The van der Waals surface area contributed by atoms with Crippen molar-refractivity contribution in [3.63, 3.8) is 0 Å². The van der Waals surface area contributed by atoms with E-state index >= 15 is 0 Å². The number of amides is 2. The third kappa shape index (κ3) is 6.01. The Morgan fingerprint density at radius 3 is 2.04 bits per heavy atom. The summed E-state index contributed by atoms with van der Waals surface area (Å²) in [6.07, 6.45) is -0.0735. The Kier molecular flexibility index (Phi) is 7.44. The van der Waals surface area contributed by atoms with Gasteiger partial charge in [-0.25, -0.2) is 0 Å². The Balaban J connectivity index is 2.20. The molecule has 0 atom stereocenters. The molecule has 2 aromatic rings. The van der Waals surface area contributed by atoms with Crippen LogP contribution >= 0.6 is 0 Å². The van der Waals surface area contributed by atoms with Crippen LogP contribution in [0.4, 0.5) is 11.4 Å². The molecule has 1 N–H and O–H groups in total. The van der Waals surface area contributed by atoms with Crippen LogP contribution < -0.4 is 19.7 Å². The average Bonchev–Trinajstić information content (AvgIpc) is 2.61. The number of nitrogens with zero attached hydrogens (tertiary/aromatic N) is 1. The fourth-order valence-electron chi connectivity index (χ4n) is 2.66. The fourth-order valence-corrected chi connectivity index (χ4v) is 2.66. The Bertz CT molecular complexity index is 818. The highest BCUT2D eigenvalue weighted by Gasteiger charge is 2.20. The van der Waals surface area contributed by atoms with Gasteiger partial charge in [0, 0.05) is 6.92 Å². The molecule has 6 heteroatoms. The van der Waals surface area contributed by atoms with Crippen molar-refractivity contribution in [2.75, 3.05) is 16.8 Å². The standard InChI is InChI=1S/C22H28N2O4/c1-15(2)27-20-12-8-6-10-18(20)23-22(26)14-24(17(5)25)19-11-7-9-13-21(19)28-16(3)4/h6-13,15-16H,14H2,1-5H3,(H,23,26). The lowest BCUT2D eigenvalue weighted by Crippen LogP contribution is -2.37. The van der Waals surface area contributed by atoms with Crippen LogP contribution in [0.25, 0.3) is 0 Å². The van der Waals surface area contributed by atoms with Crippen molar-refractivity contribution in [3.8, 4) is 11.5 Å². The van der Waals surface area contributed by atoms with E-state index in [1.165, 1.54) is 11.8 Å². The van der Waals surface area contributed by atoms with Gasteiger partial charge in [-0.05, 0) is 52.0 Å². The highest BCUT2D eigenvalue weighted by molar-refractivity contribution is 6.03. The minimum atomic E-state index is -0.325. The van der Waals surface area contributed by atoms with Gasteiger partial charge >= 0.3 is 0 Å². The lowest BCUT2D eigenvalue weighted by Gasteiger charge is -2.24. The predicted octanol–water partition coefficient (Wildman–Crippen LogP) is 4.25. The van der Waals surface area contributed by atoms with E-state index in [4.69, 9.17) is 9.47 Å². The maximum atomic E-state index is 12.7. The number of nitrogens with one attached hydrogen (secondary N) is 1. The maximum absolute atomic E-state index is 12.7. The number of ether oxygens (including phenoxy) is 2. The molecule has 0 bridgehead atoms. The van der Waals surface area contributed by atoms with Crippen LogP contribution in [0, 0.1) is 0 Å². The number of carbonyl (C=O) groups excluding carboxylic acids is 2. The summed E-state index contributed by atoms with van der Waals surface area (Å²) in [5.74, 6) is 0.573. The summed E-state index contributed by atoms with van der Waals surface area (Å²) in [6, 6.07) is 14.4. The van der Waals surface area contributed by atoms with Gasteiger partial charge in [0.05, 0.1) is 23.6 Å². The summed E-state index contributed by atoms with van der Waals surface area (Å²) in [4.78, 5) is 26.3. The first-order valence-electron chi connectivity index (χ1n) is 9.37. The van der Waals surface area contributed by atoms with Gasteiger partial charge in [0.25, 0.3) is 0 Å². The van der Waals surface area contributed by atoms with Crippen LogP contribution in [0.15, 0.2) is 48.5 Å². The van der Waals surface area contributed by atoms with Crippen LogP contribution in [-0.2, 0) is 9.59 Å². The first-order valence-corrected chi connectivity index (χ1v) is 9.37. The first-order chi connectivity index (χ1) is 13.3. The lowest BCUT2D eigenvalue weighted by molar-refractivity contribution is -0.120. The molecule has 2 aromatic carbocycles. The van der Waals surface area contributed by atoms with E-state index in [0.29, 0.717) is 22.9 Å². The molecule has 0 radical (unpaired) electrons. The van der Waals surface area contributed by atoms with E-state index in [-0.39, 0.29) is 30.6 Å². The van der Waals surface area contributed by atoms with Gasteiger partial charge < -0.3 is 14.8 Å². The van der Waals surface area contributed by atoms with Crippen molar-refractivity contribution >= 4 is 23.2 Å². The molecule has 0 aliphatic rings. The highest BCUT2D eigenvalue weighted by atomic mass is 16.5. The zero-order valence-corrected chi connectivity index (χ0v) is 17.1. The third-order valence-electron chi connectivity index (χ3n) is 3.72. The number of para-hydroxylation sites is 4. The Labute approximate surface area is 166 Å². The molecule has 150 valence electrons. The molecule has 0 aliphatic heterocycles. The van der Waals surface area contributed by atoms with Gasteiger partial charge in [-0.1, -0.05) is 24.3 Å². The second-order valence-corrected chi connectivity index (χ2v) is 6.95. The Hall–Kier alpha value is -3.02. The van der Waals surface area contributed by atoms with E-state index in [2.05, 4.69) is 5.32 Å². The molecule has 6 nitrogen and oxygen atoms in total. The summed E-state index contributed by atoms with van der Waals surface area (Å²) in [5, 5.41) is 2.83. The number of benzene rings is 2. The molecule has 0 aromatic heterocycles. The predicted molar refractivity (Wildman–Crippen MR) is 111 cm³/mol. The van der Waals surface area contributed by atoms with Crippen LogP contribution in [0.2, 0.25) is 0 Å². The minimum absolute atomic E-state index is 0.0215. The second kappa shape index (κ2) is 9.78. The molecule has 0 saturated heterocycles. The Morgan fingerprint density at radius 2 is 1.43 bits per heavy atom. The van der Waals surface area contributed by atoms with E-state index < -0.39 is 0 Å². The van der Waals surface area contributed by atoms with Crippen molar-refractivity contribution in [1.82, 2.24) is 0 Å². The molecule has 28 heavy (non-hydrogen) atoms. The maximum Gasteiger partial charge on any atom is 0.244 e. The van der Waals surface area contributed by atoms with Gasteiger partial charge in [0.15, 0.2) is 0 Å². The Morgan fingerprint density at radius 1 is 0.893 bits per heavy atom. The number of hydrogen-bond acceptors (Lipinski definition) is 4. The fraction of sp³-hybridized carbons (Fsp3) is 0.364. The molecule has 0 saturated carbocycles. The van der Waals surface area contributed by atoms with E-state index in [9.17, 15) is 9.59 Å². The monoisotopic (exact) mass is 384 g/mol. The molecule has 0 spiro atoms. The molecule has 0 heterocycles. The summed E-state index contributed by atoms with van der Waals surface area (Å²) < 4.78 is 11.5. The topological polar surface area (TPSA) is 67.9 Å². The van der Waals surface area contributed by atoms with Crippen molar-refractivity contribution in [1.29, 1.82) is 0 Å². The number of carbonyl (C=O) groups is 2. The minimum Gasteiger partial charge on any atom is -0.489 e. The third-order valence-corrected chi connectivity index (χ3v) is 3.72. The zero-order valence-electron chi connectivity index (χ0n) is 17.1. The van der Waals surface area contributed by atoms with Crippen molar-refractivity contribution in [3.05, 3.63) is 48.5 Å². The van der Waals surface area contributed by atoms with Gasteiger partial charge in [-0.2, -0.15) is 0 Å². The average molecular weight is 384 g/mol. The van der Waals surface area contributed by atoms with Gasteiger partial charge in [0.2, 0.25) is 11.8 Å².